The lowest BCUT2D eigenvalue weighted by Gasteiger charge is -2.33. The third-order valence-corrected chi connectivity index (χ3v) is 6.55. The molecule has 0 bridgehead atoms. The van der Waals surface area contributed by atoms with E-state index in [1.807, 2.05) is 74.2 Å². The molecule has 1 amide bonds. The Hall–Kier alpha value is -2.57. The van der Waals surface area contributed by atoms with Gasteiger partial charge >= 0.3 is 5.97 Å². The molecule has 34 heavy (non-hydrogen) atoms. The second kappa shape index (κ2) is 10.4. The quantitative estimate of drug-likeness (QED) is 0.552. The molecular weight excluding hydrogens is 452 g/mol. The van der Waals surface area contributed by atoms with Crippen LogP contribution in [0.5, 0.6) is 0 Å². The first-order chi connectivity index (χ1) is 16.2. The molecule has 0 aliphatic carbocycles. The van der Waals surface area contributed by atoms with Gasteiger partial charge in [0, 0.05) is 25.3 Å². The summed E-state index contributed by atoms with van der Waals surface area (Å²) in [6.45, 7) is 8.80. The normalized spacial score (nSPS) is 20.9. The van der Waals surface area contributed by atoms with E-state index in [-0.39, 0.29) is 23.9 Å². The second-order valence-corrected chi connectivity index (χ2v) is 10.5. The van der Waals surface area contributed by atoms with Crippen molar-refractivity contribution in [3.8, 4) is 0 Å². The van der Waals surface area contributed by atoms with Gasteiger partial charge in [0.1, 0.15) is 11.7 Å². The average molecular weight is 485 g/mol. The number of carbonyl (C=O) groups is 2. The summed E-state index contributed by atoms with van der Waals surface area (Å²) in [5, 5.41) is 0.445. The van der Waals surface area contributed by atoms with E-state index < -0.39 is 5.60 Å². The summed E-state index contributed by atoms with van der Waals surface area (Å²) in [5.74, 6) is 0.0147. The third kappa shape index (κ3) is 6.10. The maximum absolute atomic E-state index is 13.2. The number of carbonyl (C=O) groups excluding carboxylic acids is 2. The van der Waals surface area contributed by atoms with Gasteiger partial charge in [0.25, 0.3) is 5.91 Å². The van der Waals surface area contributed by atoms with Gasteiger partial charge < -0.3 is 19.3 Å². The molecule has 0 spiro atoms. The zero-order valence-electron chi connectivity index (χ0n) is 20.1. The number of ether oxygens (including phenoxy) is 2. The molecule has 4 rings (SSSR count). The fraction of sp³-hybridized carbons (Fsp3) is 0.481. The topological polar surface area (TPSA) is 59.1 Å². The summed E-state index contributed by atoms with van der Waals surface area (Å²) in [6.07, 6.45) is 1.20. The van der Waals surface area contributed by atoms with Gasteiger partial charge in [-0.1, -0.05) is 41.9 Å². The van der Waals surface area contributed by atoms with Crippen molar-refractivity contribution < 1.29 is 19.1 Å². The highest BCUT2D eigenvalue weighted by Gasteiger charge is 2.29. The van der Waals surface area contributed by atoms with Crippen molar-refractivity contribution in [2.24, 2.45) is 5.92 Å². The van der Waals surface area contributed by atoms with Crippen molar-refractivity contribution >= 4 is 29.2 Å². The summed E-state index contributed by atoms with van der Waals surface area (Å²) in [6, 6.07) is 15.6. The minimum Gasteiger partial charge on any atom is -0.460 e. The minimum atomic E-state index is -0.465. The predicted octanol–water partition coefficient (Wildman–Crippen LogP) is 5.11. The minimum absolute atomic E-state index is 0.0787. The Labute approximate surface area is 206 Å². The van der Waals surface area contributed by atoms with E-state index >= 15 is 0 Å². The fourth-order valence-corrected chi connectivity index (χ4v) is 4.86. The van der Waals surface area contributed by atoms with Crippen LogP contribution in [-0.2, 0) is 14.3 Å². The van der Waals surface area contributed by atoms with E-state index in [0.29, 0.717) is 36.7 Å². The molecule has 182 valence electrons. The SMILES string of the molecule is CC(C)(C)OC(=O)CC1CCN(c2ccc(C(=O)N3CCOC(c4ccccc4)C3)c(Cl)c2)C1. The lowest BCUT2D eigenvalue weighted by molar-refractivity contribution is -0.155. The van der Waals surface area contributed by atoms with Crippen LogP contribution in [0.15, 0.2) is 48.5 Å². The number of rotatable bonds is 5. The number of esters is 1. The van der Waals surface area contributed by atoms with Crippen LogP contribution < -0.4 is 4.90 Å². The molecule has 2 aromatic rings. The number of hydrogen-bond donors (Lipinski definition) is 0. The van der Waals surface area contributed by atoms with Gasteiger partial charge in [0.2, 0.25) is 0 Å². The van der Waals surface area contributed by atoms with E-state index in [2.05, 4.69) is 4.90 Å². The zero-order valence-corrected chi connectivity index (χ0v) is 20.9. The van der Waals surface area contributed by atoms with Crippen LogP contribution in [-0.4, -0.2) is 55.2 Å². The van der Waals surface area contributed by atoms with Crippen molar-refractivity contribution in [1.29, 1.82) is 0 Å². The third-order valence-electron chi connectivity index (χ3n) is 6.23. The monoisotopic (exact) mass is 484 g/mol. The molecule has 2 aromatic carbocycles. The number of hydrogen-bond acceptors (Lipinski definition) is 5. The van der Waals surface area contributed by atoms with E-state index in [1.165, 1.54) is 0 Å². The molecule has 2 heterocycles. The maximum atomic E-state index is 13.2. The molecular formula is C27H33ClN2O4. The first-order valence-electron chi connectivity index (χ1n) is 11.9. The molecule has 0 N–H and O–H groups in total. The molecule has 2 unspecified atom stereocenters. The van der Waals surface area contributed by atoms with Gasteiger partial charge in [-0.25, -0.2) is 0 Å². The van der Waals surface area contributed by atoms with Gasteiger partial charge in [0.05, 0.1) is 30.2 Å². The highest BCUT2D eigenvalue weighted by atomic mass is 35.5. The maximum Gasteiger partial charge on any atom is 0.306 e. The number of morpholine rings is 1. The molecule has 6 nitrogen and oxygen atoms in total. The molecule has 0 aromatic heterocycles. The van der Waals surface area contributed by atoms with Crippen molar-refractivity contribution in [2.75, 3.05) is 37.7 Å². The molecule has 2 aliphatic rings. The Bertz CT molecular complexity index is 1020. The van der Waals surface area contributed by atoms with Crippen molar-refractivity contribution in [3.63, 3.8) is 0 Å². The fourth-order valence-electron chi connectivity index (χ4n) is 4.60. The Morgan fingerprint density at radius 2 is 1.85 bits per heavy atom. The largest absolute Gasteiger partial charge is 0.460 e. The summed E-state index contributed by atoms with van der Waals surface area (Å²) in [7, 11) is 0. The highest BCUT2D eigenvalue weighted by Crippen LogP contribution is 2.31. The van der Waals surface area contributed by atoms with Crippen LogP contribution in [0.4, 0.5) is 5.69 Å². The van der Waals surface area contributed by atoms with Crippen molar-refractivity contribution in [1.82, 2.24) is 4.90 Å². The van der Waals surface area contributed by atoms with E-state index in [0.717, 1.165) is 30.8 Å². The van der Waals surface area contributed by atoms with E-state index in [4.69, 9.17) is 21.1 Å². The lowest BCUT2D eigenvalue weighted by Crippen LogP contribution is -2.42. The molecule has 2 aliphatic heterocycles. The van der Waals surface area contributed by atoms with Gasteiger partial charge in [-0.3, -0.25) is 9.59 Å². The number of amides is 1. The standard InChI is InChI=1S/C27H33ClN2O4/c1-27(2,3)34-25(31)15-19-11-12-29(17-19)21-9-10-22(23(28)16-21)26(32)30-13-14-33-24(18-30)20-7-5-4-6-8-20/h4-10,16,19,24H,11-15,17-18H2,1-3H3. The Kier molecular flexibility index (Phi) is 7.48. The zero-order chi connectivity index (χ0) is 24.3. The van der Waals surface area contributed by atoms with Gasteiger partial charge in [0.15, 0.2) is 0 Å². The summed E-state index contributed by atoms with van der Waals surface area (Å²) in [4.78, 5) is 29.5. The van der Waals surface area contributed by atoms with Gasteiger partial charge in [-0.2, -0.15) is 0 Å². The van der Waals surface area contributed by atoms with Crippen LogP contribution in [0.2, 0.25) is 5.02 Å². The smallest absolute Gasteiger partial charge is 0.306 e. The molecule has 7 heteroatoms. The lowest BCUT2D eigenvalue weighted by atomic mass is 10.0. The highest BCUT2D eigenvalue weighted by molar-refractivity contribution is 6.34. The number of nitrogens with zero attached hydrogens (tertiary/aromatic N) is 2. The van der Waals surface area contributed by atoms with Crippen LogP contribution in [0.25, 0.3) is 0 Å². The molecule has 2 saturated heterocycles. The second-order valence-electron chi connectivity index (χ2n) is 10.1. The van der Waals surface area contributed by atoms with Gasteiger partial charge in [-0.05, 0) is 56.9 Å². The number of benzene rings is 2. The molecule has 2 atom stereocenters. The van der Waals surface area contributed by atoms with E-state index in [1.54, 1.807) is 0 Å². The molecule has 2 fully saturated rings. The van der Waals surface area contributed by atoms with Crippen molar-refractivity contribution in [2.45, 2.75) is 45.3 Å². The molecule has 0 saturated carbocycles. The summed E-state index contributed by atoms with van der Waals surface area (Å²) < 4.78 is 11.4. The first-order valence-corrected chi connectivity index (χ1v) is 12.3. The first kappa shape index (κ1) is 24.6. The predicted molar refractivity (Wildman–Crippen MR) is 133 cm³/mol. The summed E-state index contributed by atoms with van der Waals surface area (Å²) >= 11 is 6.59. The van der Waals surface area contributed by atoms with Crippen molar-refractivity contribution in [3.05, 3.63) is 64.7 Å². The van der Waals surface area contributed by atoms with E-state index in [9.17, 15) is 9.59 Å². The Morgan fingerprint density at radius 3 is 2.56 bits per heavy atom. The van der Waals surface area contributed by atoms with Gasteiger partial charge in [-0.15, -0.1) is 0 Å². The van der Waals surface area contributed by atoms with Crippen LogP contribution in [0, 0.1) is 5.92 Å². The van der Waals surface area contributed by atoms with Crippen LogP contribution in [0.3, 0.4) is 0 Å². The Balaban J connectivity index is 1.37. The number of anilines is 1. The summed E-state index contributed by atoms with van der Waals surface area (Å²) in [5.41, 5.74) is 2.07. The average Bonchev–Trinajstić information content (AvgIpc) is 3.26. The van der Waals surface area contributed by atoms with Crippen LogP contribution in [0.1, 0.15) is 55.6 Å². The molecule has 0 radical (unpaired) electrons. The number of halogens is 1. The Morgan fingerprint density at radius 1 is 1.09 bits per heavy atom. The van der Waals surface area contributed by atoms with Crippen LogP contribution >= 0.6 is 11.6 Å².